The lowest BCUT2D eigenvalue weighted by Crippen LogP contribution is -2.15. The van der Waals surface area contributed by atoms with Gasteiger partial charge in [-0.1, -0.05) is 48.0 Å². The first-order valence-electron chi connectivity index (χ1n) is 9.19. The van der Waals surface area contributed by atoms with Crippen molar-refractivity contribution in [2.75, 3.05) is 14.2 Å². The van der Waals surface area contributed by atoms with Crippen molar-refractivity contribution < 1.29 is 19.0 Å². The summed E-state index contributed by atoms with van der Waals surface area (Å²) < 4.78 is 17.5. The third-order valence-electron chi connectivity index (χ3n) is 5.39. The number of halogens is 1. The highest BCUT2D eigenvalue weighted by molar-refractivity contribution is 6.39. The molecule has 5 heteroatoms. The summed E-state index contributed by atoms with van der Waals surface area (Å²) >= 11 is 6.08. The second kappa shape index (κ2) is 6.68. The molecule has 2 aliphatic rings. The van der Waals surface area contributed by atoms with E-state index in [1.807, 2.05) is 60.7 Å². The van der Waals surface area contributed by atoms with Crippen LogP contribution in [0.2, 0.25) is 5.02 Å². The fraction of sp³-hybridized carbons (Fsp3) is 0.125. The van der Waals surface area contributed by atoms with Gasteiger partial charge in [-0.2, -0.15) is 0 Å². The first-order valence-corrected chi connectivity index (χ1v) is 9.57. The van der Waals surface area contributed by atoms with Crippen molar-refractivity contribution in [3.8, 4) is 11.5 Å². The van der Waals surface area contributed by atoms with Crippen LogP contribution in [0.5, 0.6) is 11.5 Å². The molecule has 4 nitrogen and oxygen atoms in total. The lowest BCUT2D eigenvalue weighted by molar-refractivity contribution is 0.105. The summed E-state index contributed by atoms with van der Waals surface area (Å²) in [5.74, 6) is 1.71. The normalized spacial score (nSPS) is 16.7. The fourth-order valence-electron chi connectivity index (χ4n) is 4.01. The summed E-state index contributed by atoms with van der Waals surface area (Å²) in [5, 5.41) is 0.651. The summed E-state index contributed by atoms with van der Waals surface area (Å²) in [6.07, 6.45) is -0.403. The van der Waals surface area contributed by atoms with Crippen molar-refractivity contribution in [2.24, 2.45) is 0 Å². The molecule has 1 atom stereocenters. The zero-order valence-electron chi connectivity index (χ0n) is 15.9. The average molecular weight is 405 g/mol. The van der Waals surface area contributed by atoms with Crippen LogP contribution in [0.1, 0.15) is 38.7 Å². The number of ketones is 1. The van der Waals surface area contributed by atoms with E-state index in [9.17, 15) is 4.79 Å². The van der Waals surface area contributed by atoms with E-state index in [2.05, 4.69) is 0 Å². The molecule has 144 valence electrons. The fourth-order valence-corrected chi connectivity index (χ4v) is 4.14. The lowest BCUT2D eigenvalue weighted by Gasteiger charge is -2.29. The number of allylic oxidation sites excluding steroid dienone is 1. The van der Waals surface area contributed by atoms with Crippen LogP contribution in [0.3, 0.4) is 0 Å². The van der Waals surface area contributed by atoms with E-state index in [1.54, 1.807) is 14.2 Å². The SMILES string of the molecule is COc1cc2c(cc1OC)[C@H](c1ccc(Cl)cc1)OC1=C2C(=O)c2ccccc21. The Bertz CT molecular complexity index is 1180. The number of benzene rings is 3. The van der Waals surface area contributed by atoms with Gasteiger partial charge in [0.25, 0.3) is 0 Å². The highest BCUT2D eigenvalue weighted by Gasteiger charge is 2.40. The molecular formula is C24H17ClO4. The lowest BCUT2D eigenvalue weighted by atomic mass is 9.88. The molecule has 3 aromatic carbocycles. The largest absolute Gasteiger partial charge is 0.493 e. The molecule has 0 spiro atoms. The molecule has 1 aliphatic heterocycles. The molecule has 3 aromatic rings. The van der Waals surface area contributed by atoms with Crippen LogP contribution in [0.15, 0.2) is 60.7 Å². The van der Waals surface area contributed by atoms with Crippen molar-refractivity contribution in [1.82, 2.24) is 0 Å². The predicted molar refractivity (Wildman–Crippen MR) is 112 cm³/mol. The van der Waals surface area contributed by atoms with E-state index >= 15 is 0 Å². The van der Waals surface area contributed by atoms with Crippen molar-refractivity contribution >= 4 is 28.7 Å². The molecule has 1 heterocycles. The van der Waals surface area contributed by atoms with Crippen LogP contribution < -0.4 is 9.47 Å². The molecule has 0 fully saturated rings. The number of hydrogen-bond donors (Lipinski definition) is 0. The number of Topliss-reactive ketones (excluding diaryl/α,β-unsaturated/α-hetero) is 1. The van der Waals surface area contributed by atoms with Gasteiger partial charge in [0.2, 0.25) is 0 Å². The van der Waals surface area contributed by atoms with E-state index < -0.39 is 6.10 Å². The third kappa shape index (κ3) is 2.64. The van der Waals surface area contributed by atoms with Gasteiger partial charge >= 0.3 is 0 Å². The number of rotatable bonds is 3. The van der Waals surface area contributed by atoms with Gasteiger partial charge in [0, 0.05) is 27.3 Å². The Morgan fingerprint density at radius 1 is 0.862 bits per heavy atom. The van der Waals surface area contributed by atoms with Gasteiger partial charge in [0.1, 0.15) is 11.9 Å². The first-order chi connectivity index (χ1) is 14.1. The molecule has 0 bridgehead atoms. The van der Waals surface area contributed by atoms with Crippen LogP contribution in [-0.2, 0) is 4.74 Å². The highest BCUT2D eigenvalue weighted by Crippen LogP contribution is 2.51. The molecule has 0 saturated carbocycles. The summed E-state index contributed by atoms with van der Waals surface area (Å²) in [4.78, 5) is 13.2. The Morgan fingerprint density at radius 2 is 1.52 bits per heavy atom. The topological polar surface area (TPSA) is 44.8 Å². The number of hydrogen-bond acceptors (Lipinski definition) is 4. The number of carbonyl (C=O) groups excluding carboxylic acids is 1. The van der Waals surface area contributed by atoms with E-state index in [0.29, 0.717) is 33.4 Å². The Hall–Kier alpha value is -3.24. The zero-order chi connectivity index (χ0) is 20.1. The van der Waals surface area contributed by atoms with Crippen molar-refractivity contribution in [3.63, 3.8) is 0 Å². The number of ether oxygens (including phenoxy) is 3. The van der Waals surface area contributed by atoms with E-state index in [4.69, 9.17) is 25.8 Å². The predicted octanol–water partition coefficient (Wildman–Crippen LogP) is 5.54. The number of methoxy groups -OCH3 is 2. The van der Waals surface area contributed by atoms with Gasteiger partial charge in [-0.05, 0) is 29.8 Å². The van der Waals surface area contributed by atoms with Gasteiger partial charge in [-0.3, -0.25) is 4.79 Å². The summed E-state index contributed by atoms with van der Waals surface area (Å²) in [7, 11) is 3.17. The average Bonchev–Trinajstić information content (AvgIpc) is 3.05. The van der Waals surface area contributed by atoms with Gasteiger partial charge in [-0.25, -0.2) is 0 Å². The summed E-state index contributed by atoms with van der Waals surface area (Å²) in [5.41, 5.74) is 4.61. The van der Waals surface area contributed by atoms with E-state index in [1.165, 1.54) is 0 Å². The maximum Gasteiger partial charge on any atom is 0.198 e. The maximum absolute atomic E-state index is 13.2. The second-order valence-electron chi connectivity index (χ2n) is 6.92. The number of fused-ring (bicyclic) bond motifs is 4. The molecule has 1 aliphatic carbocycles. The van der Waals surface area contributed by atoms with Crippen LogP contribution in [0.4, 0.5) is 0 Å². The minimum atomic E-state index is -0.403. The Morgan fingerprint density at radius 3 is 2.21 bits per heavy atom. The Balaban J connectivity index is 1.78. The molecule has 5 rings (SSSR count). The third-order valence-corrected chi connectivity index (χ3v) is 5.64. The standard InChI is InChI=1S/C24H17ClO4/c1-27-19-11-17-18(12-20(19)28-2)23(13-7-9-14(25)10-8-13)29-24-16-6-4-3-5-15(16)22(26)21(17)24/h3-12,23H,1-2H3/t23-/m0/s1. The molecule has 0 N–H and O–H groups in total. The van der Waals surface area contributed by atoms with Gasteiger partial charge in [0.05, 0.1) is 19.8 Å². The summed E-state index contributed by atoms with van der Waals surface area (Å²) in [6.45, 7) is 0. The minimum Gasteiger partial charge on any atom is -0.493 e. The maximum atomic E-state index is 13.2. The van der Waals surface area contributed by atoms with Gasteiger partial charge < -0.3 is 14.2 Å². The molecular weight excluding hydrogens is 388 g/mol. The van der Waals surface area contributed by atoms with Crippen LogP contribution in [0.25, 0.3) is 11.3 Å². The minimum absolute atomic E-state index is 0.0429. The highest BCUT2D eigenvalue weighted by atomic mass is 35.5. The molecule has 0 amide bonds. The molecule has 0 saturated heterocycles. The van der Waals surface area contributed by atoms with Crippen LogP contribution in [0, 0.1) is 0 Å². The Labute approximate surface area is 173 Å². The molecule has 0 unspecified atom stereocenters. The smallest absolute Gasteiger partial charge is 0.198 e. The van der Waals surface area contributed by atoms with E-state index in [0.717, 1.165) is 22.3 Å². The summed E-state index contributed by atoms with van der Waals surface area (Å²) in [6, 6.07) is 18.8. The molecule has 0 aromatic heterocycles. The monoisotopic (exact) mass is 404 g/mol. The molecule has 29 heavy (non-hydrogen) atoms. The van der Waals surface area contributed by atoms with Crippen molar-refractivity contribution in [1.29, 1.82) is 0 Å². The zero-order valence-corrected chi connectivity index (χ0v) is 16.6. The van der Waals surface area contributed by atoms with Gasteiger partial charge in [-0.15, -0.1) is 0 Å². The van der Waals surface area contributed by atoms with Crippen LogP contribution >= 0.6 is 11.6 Å². The Kier molecular flexibility index (Phi) is 4.10. The first kappa shape index (κ1) is 17.8. The van der Waals surface area contributed by atoms with Crippen molar-refractivity contribution in [3.05, 3.63) is 93.5 Å². The number of carbonyl (C=O) groups is 1. The second-order valence-corrected chi connectivity index (χ2v) is 7.36. The molecule has 0 radical (unpaired) electrons. The van der Waals surface area contributed by atoms with E-state index in [-0.39, 0.29) is 5.78 Å². The van der Waals surface area contributed by atoms with Gasteiger partial charge in [0.15, 0.2) is 17.3 Å². The van der Waals surface area contributed by atoms with Crippen LogP contribution in [-0.4, -0.2) is 20.0 Å². The van der Waals surface area contributed by atoms with Crippen molar-refractivity contribution in [2.45, 2.75) is 6.10 Å². The quantitative estimate of drug-likeness (QED) is 0.574.